The van der Waals surface area contributed by atoms with Gasteiger partial charge in [0.15, 0.2) is 0 Å². The Morgan fingerprint density at radius 2 is 2.33 bits per heavy atom. The van der Waals surface area contributed by atoms with E-state index in [0.717, 1.165) is 26.1 Å². The van der Waals surface area contributed by atoms with E-state index in [1.807, 2.05) is 7.05 Å². The van der Waals surface area contributed by atoms with Crippen LogP contribution >= 0.6 is 11.3 Å². The van der Waals surface area contributed by atoms with Gasteiger partial charge in [-0.3, -0.25) is 4.90 Å². The molecule has 3 nitrogen and oxygen atoms in total. The van der Waals surface area contributed by atoms with Gasteiger partial charge in [-0.05, 0) is 26.9 Å². The van der Waals surface area contributed by atoms with Gasteiger partial charge in [0, 0.05) is 25.0 Å². The van der Waals surface area contributed by atoms with E-state index in [1.165, 1.54) is 17.1 Å². The second-order valence-electron chi connectivity index (χ2n) is 3.82. The summed E-state index contributed by atoms with van der Waals surface area (Å²) in [5.41, 5.74) is 1.21. The molecular formula is C11H21N3S. The lowest BCUT2D eigenvalue weighted by Gasteiger charge is -2.14. The van der Waals surface area contributed by atoms with E-state index in [-0.39, 0.29) is 0 Å². The number of hydrogen-bond acceptors (Lipinski definition) is 4. The number of rotatable bonds is 7. The fourth-order valence-electron chi connectivity index (χ4n) is 1.41. The van der Waals surface area contributed by atoms with Crippen molar-refractivity contribution in [1.29, 1.82) is 0 Å². The highest BCUT2D eigenvalue weighted by Crippen LogP contribution is 2.12. The molecule has 0 bridgehead atoms. The maximum absolute atomic E-state index is 4.60. The highest BCUT2D eigenvalue weighted by atomic mass is 32.1. The zero-order valence-electron chi connectivity index (χ0n) is 9.92. The molecule has 1 aromatic heterocycles. The standard InChI is InChI=1S/C11H21N3S/c1-4-5-11-13-10(9-15-11)8-14(3)7-6-12-2/h9,12H,4-8H2,1-3H3. The van der Waals surface area contributed by atoms with Crippen LogP contribution in [-0.2, 0) is 13.0 Å². The summed E-state index contributed by atoms with van der Waals surface area (Å²) in [6.07, 6.45) is 2.30. The monoisotopic (exact) mass is 227 g/mol. The van der Waals surface area contributed by atoms with Crippen molar-refractivity contribution in [3.8, 4) is 0 Å². The molecule has 4 heteroatoms. The smallest absolute Gasteiger partial charge is 0.0928 e. The first-order valence-electron chi connectivity index (χ1n) is 5.52. The highest BCUT2D eigenvalue weighted by Gasteiger charge is 2.04. The molecule has 0 aliphatic rings. The fourth-order valence-corrected chi connectivity index (χ4v) is 2.30. The summed E-state index contributed by atoms with van der Waals surface area (Å²) in [5.74, 6) is 0. The SMILES string of the molecule is CCCc1nc(CN(C)CCNC)cs1. The lowest BCUT2D eigenvalue weighted by molar-refractivity contribution is 0.324. The van der Waals surface area contributed by atoms with Crippen molar-refractivity contribution < 1.29 is 0 Å². The van der Waals surface area contributed by atoms with Gasteiger partial charge in [-0.25, -0.2) is 4.98 Å². The predicted molar refractivity (Wildman–Crippen MR) is 66.4 cm³/mol. The van der Waals surface area contributed by atoms with Gasteiger partial charge < -0.3 is 5.32 Å². The summed E-state index contributed by atoms with van der Waals surface area (Å²) in [6.45, 7) is 5.25. The van der Waals surface area contributed by atoms with Gasteiger partial charge in [-0.2, -0.15) is 0 Å². The van der Waals surface area contributed by atoms with Gasteiger partial charge in [0.1, 0.15) is 0 Å². The zero-order chi connectivity index (χ0) is 11.1. The topological polar surface area (TPSA) is 28.2 Å². The van der Waals surface area contributed by atoms with Crippen molar-refractivity contribution in [2.45, 2.75) is 26.3 Å². The van der Waals surface area contributed by atoms with Crippen LogP contribution in [0.1, 0.15) is 24.0 Å². The molecule has 0 atom stereocenters. The van der Waals surface area contributed by atoms with E-state index >= 15 is 0 Å². The minimum Gasteiger partial charge on any atom is -0.318 e. The number of nitrogens with one attached hydrogen (secondary N) is 1. The van der Waals surface area contributed by atoms with Crippen molar-refractivity contribution in [3.05, 3.63) is 16.1 Å². The molecule has 0 radical (unpaired) electrons. The van der Waals surface area contributed by atoms with Crippen molar-refractivity contribution in [2.24, 2.45) is 0 Å². The lowest BCUT2D eigenvalue weighted by atomic mass is 10.3. The zero-order valence-corrected chi connectivity index (χ0v) is 10.7. The molecule has 15 heavy (non-hydrogen) atoms. The van der Waals surface area contributed by atoms with E-state index in [4.69, 9.17) is 0 Å². The first-order valence-corrected chi connectivity index (χ1v) is 6.40. The highest BCUT2D eigenvalue weighted by molar-refractivity contribution is 7.09. The fraction of sp³-hybridized carbons (Fsp3) is 0.727. The van der Waals surface area contributed by atoms with Crippen LogP contribution in [0.4, 0.5) is 0 Å². The number of hydrogen-bond donors (Lipinski definition) is 1. The molecule has 1 rings (SSSR count). The van der Waals surface area contributed by atoms with Crippen molar-refractivity contribution in [2.75, 3.05) is 27.2 Å². The molecular weight excluding hydrogens is 206 g/mol. The quantitative estimate of drug-likeness (QED) is 0.769. The van der Waals surface area contributed by atoms with E-state index < -0.39 is 0 Å². The van der Waals surface area contributed by atoms with Crippen LogP contribution in [0.2, 0.25) is 0 Å². The molecule has 0 aromatic carbocycles. The van der Waals surface area contributed by atoms with Gasteiger partial charge in [-0.15, -0.1) is 11.3 Å². The maximum atomic E-state index is 4.60. The van der Waals surface area contributed by atoms with E-state index in [0.29, 0.717) is 0 Å². The van der Waals surface area contributed by atoms with Gasteiger partial charge in [-0.1, -0.05) is 6.92 Å². The Labute approximate surface area is 96.5 Å². The molecule has 86 valence electrons. The Morgan fingerprint density at radius 3 is 3.00 bits per heavy atom. The summed E-state index contributed by atoms with van der Waals surface area (Å²) in [5, 5.41) is 6.60. The maximum Gasteiger partial charge on any atom is 0.0928 e. The van der Waals surface area contributed by atoms with Crippen LogP contribution in [0.25, 0.3) is 0 Å². The molecule has 0 saturated heterocycles. The second-order valence-corrected chi connectivity index (χ2v) is 4.77. The summed E-state index contributed by atoms with van der Waals surface area (Å²) >= 11 is 1.79. The molecule has 0 unspecified atom stereocenters. The van der Waals surface area contributed by atoms with Crippen LogP contribution in [0.15, 0.2) is 5.38 Å². The number of nitrogens with zero attached hydrogens (tertiary/aromatic N) is 2. The van der Waals surface area contributed by atoms with Crippen LogP contribution in [-0.4, -0.2) is 37.1 Å². The summed E-state index contributed by atoms with van der Waals surface area (Å²) in [4.78, 5) is 6.90. The Bertz CT molecular complexity index is 273. The third kappa shape index (κ3) is 4.73. The van der Waals surface area contributed by atoms with Crippen LogP contribution in [0.5, 0.6) is 0 Å². The number of aromatic nitrogens is 1. The van der Waals surface area contributed by atoms with E-state index in [1.54, 1.807) is 11.3 Å². The molecule has 1 N–H and O–H groups in total. The second kappa shape index (κ2) is 6.93. The van der Waals surface area contributed by atoms with Gasteiger partial charge >= 0.3 is 0 Å². The lowest BCUT2D eigenvalue weighted by Crippen LogP contribution is -2.27. The molecule has 0 aliphatic carbocycles. The van der Waals surface area contributed by atoms with Gasteiger partial charge in [0.25, 0.3) is 0 Å². The van der Waals surface area contributed by atoms with Gasteiger partial charge in [0.2, 0.25) is 0 Å². The molecule has 1 aromatic rings. The Hall–Kier alpha value is -0.450. The average molecular weight is 227 g/mol. The molecule has 0 aliphatic heterocycles. The van der Waals surface area contributed by atoms with Gasteiger partial charge in [0.05, 0.1) is 10.7 Å². The number of aryl methyl sites for hydroxylation is 1. The summed E-state index contributed by atoms with van der Waals surface area (Å²) in [6, 6.07) is 0. The molecule has 0 fully saturated rings. The third-order valence-corrected chi connectivity index (χ3v) is 3.20. The van der Waals surface area contributed by atoms with E-state index in [2.05, 4.69) is 34.6 Å². The minimum absolute atomic E-state index is 0.960. The first-order chi connectivity index (χ1) is 7.26. The third-order valence-electron chi connectivity index (χ3n) is 2.24. The first kappa shape index (κ1) is 12.6. The predicted octanol–water partition coefficient (Wildman–Crippen LogP) is 1.75. The average Bonchev–Trinajstić information content (AvgIpc) is 2.63. The van der Waals surface area contributed by atoms with Crippen LogP contribution in [0, 0.1) is 0 Å². The van der Waals surface area contributed by atoms with E-state index in [9.17, 15) is 0 Å². The normalized spacial score (nSPS) is 11.2. The molecule has 0 spiro atoms. The number of thiazole rings is 1. The van der Waals surface area contributed by atoms with Crippen LogP contribution < -0.4 is 5.32 Å². The molecule has 0 saturated carbocycles. The van der Waals surface area contributed by atoms with Crippen molar-refractivity contribution in [1.82, 2.24) is 15.2 Å². The summed E-state index contributed by atoms with van der Waals surface area (Å²) in [7, 11) is 4.12. The Morgan fingerprint density at radius 1 is 1.53 bits per heavy atom. The largest absolute Gasteiger partial charge is 0.318 e. The van der Waals surface area contributed by atoms with Crippen molar-refractivity contribution in [3.63, 3.8) is 0 Å². The Balaban J connectivity index is 2.35. The summed E-state index contributed by atoms with van der Waals surface area (Å²) < 4.78 is 0. The minimum atomic E-state index is 0.960. The van der Waals surface area contributed by atoms with Crippen LogP contribution in [0.3, 0.4) is 0 Å². The number of likely N-dealkylation sites (N-methyl/N-ethyl adjacent to an activating group) is 2. The molecule has 1 heterocycles. The molecule has 0 amide bonds. The van der Waals surface area contributed by atoms with Crippen molar-refractivity contribution >= 4 is 11.3 Å². The Kier molecular flexibility index (Phi) is 5.83.